The third-order valence-electron chi connectivity index (χ3n) is 2.67. The lowest BCUT2D eigenvalue weighted by atomic mass is 10.0. The largest absolute Gasteiger partial charge is 0.335 e. The van der Waals surface area contributed by atoms with Crippen molar-refractivity contribution < 1.29 is 4.39 Å². The first-order valence-corrected chi connectivity index (χ1v) is 7.28. The molecule has 0 spiro atoms. The fourth-order valence-corrected chi connectivity index (χ4v) is 2.35. The van der Waals surface area contributed by atoms with Gasteiger partial charge >= 0.3 is 0 Å². The molecule has 0 amide bonds. The molecule has 1 heterocycles. The van der Waals surface area contributed by atoms with Crippen LogP contribution in [0, 0.1) is 5.82 Å². The monoisotopic (exact) mass is 276 g/mol. The van der Waals surface area contributed by atoms with Crippen LogP contribution in [-0.2, 0) is 0 Å². The Kier molecular flexibility index (Phi) is 4.10. The summed E-state index contributed by atoms with van der Waals surface area (Å²) >= 11 is 1.59. The molecule has 0 saturated carbocycles. The van der Waals surface area contributed by atoms with Gasteiger partial charge in [-0.25, -0.2) is 4.39 Å². The maximum Gasteiger partial charge on any atom is 0.161 e. The van der Waals surface area contributed by atoms with Crippen LogP contribution in [0.25, 0.3) is 6.08 Å². The summed E-state index contributed by atoms with van der Waals surface area (Å²) < 4.78 is 12.8. The smallest absolute Gasteiger partial charge is 0.161 e. The highest BCUT2D eigenvalue weighted by atomic mass is 32.2. The van der Waals surface area contributed by atoms with Crippen molar-refractivity contribution in [3.05, 3.63) is 53.5 Å². The van der Waals surface area contributed by atoms with Crippen molar-refractivity contribution in [3.63, 3.8) is 0 Å². The third-order valence-corrected chi connectivity index (χ3v) is 3.25. The van der Waals surface area contributed by atoms with E-state index in [2.05, 4.69) is 30.2 Å². The van der Waals surface area contributed by atoms with Gasteiger partial charge in [0.15, 0.2) is 5.17 Å². The van der Waals surface area contributed by atoms with E-state index in [1.165, 1.54) is 12.1 Å². The second kappa shape index (κ2) is 5.61. The Morgan fingerprint density at radius 2 is 1.89 bits per heavy atom. The van der Waals surface area contributed by atoms with Crippen molar-refractivity contribution in [1.82, 2.24) is 5.32 Å². The number of nitrogens with one attached hydrogen (secondary N) is 1. The van der Waals surface area contributed by atoms with Gasteiger partial charge in [-0.1, -0.05) is 30.0 Å². The molecule has 19 heavy (non-hydrogen) atoms. The lowest BCUT2D eigenvalue weighted by Gasteiger charge is -2.24. The molecule has 1 aliphatic rings. The van der Waals surface area contributed by atoms with Crippen LogP contribution >= 0.6 is 11.8 Å². The Bertz CT molecular complexity index is 542. The number of benzene rings is 1. The topological polar surface area (TPSA) is 24.4 Å². The van der Waals surface area contributed by atoms with Gasteiger partial charge < -0.3 is 5.32 Å². The summed E-state index contributed by atoms with van der Waals surface area (Å²) in [5.74, 6) is -0.218. The van der Waals surface area contributed by atoms with Crippen LogP contribution in [0.15, 0.2) is 47.1 Å². The van der Waals surface area contributed by atoms with E-state index in [4.69, 9.17) is 0 Å². The summed E-state index contributed by atoms with van der Waals surface area (Å²) in [7, 11) is 0. The number of nitrogens with zero attached hydrogens (tertiary/aromatic N) is 1. The molecule has 0 aliphatic carbocycles. The number of allylic oxidation sites excluding steroid dienone is 1. The van der Waals surface area contributed by atoms with Crippen molar-refractivity contribution in [2.75, 3.05) is 6.26 Å². The molecule has 2 rings (SSSR count). The minimum Gasteiger partial charge on any atom is -0.335 e. The van der Waals surface area contributed by atoms with Gasteiger partial charge in [0.1, 0.15) is 5.82 Å². The van der Waals surface area contributed by atoms with Crippen LogP contribution in [0.3, 0.4) is 0 Å². The number of rotatable bonds is 2. The summed E-state index contributed by atoms with van der Waals surface area (Å²) in [4.78, 5) is 4.56. The van der Waals surface area contributed by atoms with Crippen LogP contribution in [0.5, 0.6) is 0 Å². The average Bonchev–Trinajstić information content (AvgIpc) is 2.36. The highest BCUT2D eigenvalue weighted by molar-refractivity contribution is 8.13. The molecule has 0 fully saturated rings. The lowest BCUT2D eigenvalue weighted by Crippen LogP contribution is -2.31. The van der Waals surface area contributed by atoms with Gasteiger partial charge in [0, 0.05) is 5.70 Å². The van der Waals surface area contributed by atoms with E-state index in [9.17, 15) is 4.39 Å². The van der Waals surface area contributed by atoms with E-state index < -0.39 is 0 Å². The van der Waals surface area contributed by atoms with Crippen LogP contribution in [-0.4, -0.2) is 17.0 Å². The third kappa shape index (κ3) is 3.96. The molecule has 0 bridgehead atoms. The number of amidine groups is 1. The summed E-state index contributed by atoms with van der Waals surface area (Å²) in [5, 5.41) is 4.16. The maximum atomic E-state index is 12.8. The van der Waals surface area contributed by atoms with Gasteiger partial charge in [-0.2, -0.15) is 0 Å². The predicted octanol–water partition coefficient (Wildman–Crippen LogP) is 3.82. The number of hydrogen-bond donors (Lipinski definition) is 1. The summed E-state index contributed by atoms with van der Waals surface area (Å²) in [6.07, 6.45) is 8.01. The average molecular weight is 276 g/mol. The molecule has 2 nitrogen and oxygen atoms in total. The standard InChI is InChI=1S/C15H17FN2S/c1-15(2)10-13(17-14(18-15)19-3)9-6-11-4-7-12(16)8-5-11/h4-10H,1-3H3,(H,17,18). The Hall–Kier alpha value is -1.55. The molecule has 4 heteroatoms. The van der Waals surface area contributed by atoms with Crippen LogP contribution in [0.2, 0.25) is 0 Å². The molecular weight excluding hydrogens is 259 g/mol. The summed E-state index contributed by atoms with van der Waals surface area (Å²) in [6.45, 7) is 4.13. The molecule has 1 aromatic carbocycles. The van der Waals surface area contributed by atoms with Crippen molar-refractivity contribution in [2.45, 2.75) is 19.4 Å². The zero-order chi connectivity index (χ0) is 13.9. The molecule has 0 atom stereocenters. The number of halogens is 1. The van der Waals surface area contributed by atoms with E-state index in [1.54, 1.807) is 23.9 Å². The van der Waals surface area contributed by atoms with Crippen molar-refractivity contribution >= 4 is 23.0 Å². The van der Waals surface area contributed by atoms with E-state index in [1.807, 2.05) is 18.4 Å². The van der Waals surface area contributed by atoms with Gasteiger partial charge in [0.05, 0.1) is 5.54 Å². The van der Waals surface area contributed by atoms with Gasteiger partial charge in [0.2, 0.25) is 0 Å². The normalized spacial score (nSPS) is 17.9. The van der Waals surface area contributed by atoms with E-state index in [0.717, 1.165) is 16.4 Å². The van der Waals surface area contributed by atoms with Gasteiger partial charge in [-0.05, 0) is 50.0 Å². The van der Waals surface area contributed by atoms with Crippen LogP contribution < -0.4 is 5.32 Å². The van der Waals surface area contributed by atoms with Crippen molar-refractivity contribution in [2.24, 2.45) is 4.99 Å². The second-order valence-electron chi connectivity index (χ2n) is 4.88. The molecule has 0 aromatic heterocycles. The first-order valence-electron chi connectivity index (χ1n) is 6.06. The van der Waals surface area contributed by atoms with Gasteiger partial charge in [-0.15, -0.1) is 0 Å². The SMILES string of the molecule is CSC1=NC(C)(C)C=C(C=Cc2ccc(F)cc2)N1. The lowest BCUT2D eigenvalue weighted by molar-refractivity contribution is 0.628. The minimum absolute atomic E-state index is 0.202. The fraction of sp³-hybridized carbons (Fsp3) is 0.267. The van der Waals surface area contributed by atoms with E-state index in [-0.39, 0.29) is 11.4 Å². The number of thioether (sulfide) groups is 1. The Morgan fingerprint density at radius 3 is 2.53 bits per heavy atom. The Morgan fingerprint density at radius 1 is 1.21 bits per heavy atom. The summed E-state index contributed by atoms with van der Waals surface area (Å²) in [6, 6.07) is 6.43. The maximum absolute atomic E-state index is 12.8. The number of aliphatic imine (C=N–C) groups is 1. The molecule has 1 aromatic rings. The number of hydrogen-bond acceptors (Lipinski definition) is 3. The zero-order valence-electron chi connectivity index (χ0n) is 11.3. The molecule has 1 aliphatic heterocycles. The van der Waals surface area contributed by atoms with E-state index in [0.29, 0.717) is 0 Å². The Labute approximate surface area is 117 Å². The molecule has 0 saturated heterocycles. The zero-order valence-corrected chi connectivity index (χ0v) is 12.1. The van der Waals surface area contributed by atoms with Gasteiger partial charge in [-0.3, -0.25) is 4.99 Å². The molecule has 0 radical (unpaired) electrons. The van der Waals surface area contributed by atoms with Crippen LogP contribution in [0.1, 0.15) is 19.4 Å². The van der Waals surface area contributed by atoms with E-state index >= 15 is 0 Å². The molecular formula is C15H17FN2S. The van der Waals surface area contributed by atoms with Crippen LogP contribution in [0.4, 0.5) is 4.39 Å². The minimum atomic E-state index is -0.218. The molecule has 1 N–H and O–H groups in total. The fourth-order valence-electron chi connectivity index (χ4n) is 1.81. The first-order chi connectivity index (χ1) is 8.98. The second-order valence-corrected chi connectivity index (χ2v) is 5.68. The van der Waals surface area contributed by atoms with Gasteiger partial charge in [0.25, 0.3) is 0 Å². The summed E-state index contributed by atoms with van der Waals surface area (Å²) in [5.41, 5.74) is 1.77. The van der Waals surface area contributed by atoms with Crippen molar-refractivity contribution in [1.29, 1.82) is 0 Å². The molecule has 0 unspecified atom stereocenters. The highest BCUT2D eigenvalue weighted by Crippen LogP contribution is 2.21. The highest BCUT2D eigenvalue weighted by Gasteiger charge is 2.19. The quantitative estimate of drug-likeness (QED) is 0.888. The predicted molar refractivity (Wildman–Crippen MR) is 81.7 cm³/mol. The Balaban J connectivity index is 2.15. The van der Waals surface area contributed by atoms with Crippen molar-refractivity contribution in [3.8, 4) is 0 Å². The molecule has 100 valence electrons. The first kappa shape index (κ1) is 13.9.